The predicted molar refractivity (Wildman–Crippen MR) is 127 cm³/mol. The lowest BCUT2D eigenvalue weighted by atomic mass is 9.81. The summed E-state index contributed by atoms with van der Waals surface area (Å²) in [6.07, 6.45) is 3.37. The molecule has 0 fully saturated rings. The summed E-state index contributed by atoms with van der Waals surface area (Å²) in [6, 6.07) is 8.10. The second-order valence-corrected chi connectivity index (χ2v) is 9.15. The summed E-state index contributed by atoms with van der Waals surface area (Å²) in [5, 5.41) is 0. The average Bonchev–Trinajstić information content (AvgIpc) is 2.98. The second-order valence-electron chi connectivity index (χ2n) is 9.15. The van der Waals surface area contributed by atoms with E-state index in [0.717, 1.165) is 36.3 Å². The van der Waals surface area contributed by atoms with Gasteiger partial charge in [-0.3, -0.25) is 19.2 Å². The van der Waals surface area contributed by atoms with Crippen molar-refractivity contribution in [2.45, 2.75) is 59.0 Å². The molecule has 6 nitrogen and oxygen atoms in total. The van der Waals surface area contributed by atoms with Crippen molar-refractivity contribution in [3.63, 3.8) is 0 Å². The Morgan fingerprint density at radius 1 is 0.969 bits per heavy atom. The quantitative estimate of drug-likeness (QED) is 0.532. The van der Waals surface area contributed by atoms with E-state index in [1.54, 1.807) is 19.9 Å². The van der Waals surface area contributed by atoms with Gasteiger partial charge in [0, 0.05) is 28.9 Å². The lowest BCUT2D eigenvalue weighted by molar-refractivity contribution is 0.238. The van der Waals surface area contributed by atoms with Gasteiger partial charge in [-0.15, -0.1) is 0 Å². The minimum absolute atomic E-state index is 0.00458. The molecule has 1 aliphatic heterocycles. The summed E-state index contributed by atoms with van der Waals surface area (Å²) in [6.45, 7) is 10.5. The molecule has 6 heteroatoms. The molecule has 0 aliphatic carbocycles. The smallest absolute Gasteiger partial charge is 0.268 e. The van der Waals surface area contributed by atoms with Crippen LogP contribution in [-0.4, -0.2) is 12.6 Å². The molecule has 1 aliphatic rings. The van der Waals surface area contributed by atoms with Crippen molar-refractivity contribution in [1.29, 1.82) is 0 Å². The fourth-order valence-corrected chi connectivity index (χ4v) is 4.54. The standard InChI is InChI=1S/C26H27NO5/c1-6-7-12-27-17-11-9-8-10-16(17)26(4,5)18(27)13-15-19(22(29)21(15)28)20-23(30)24(31)25(20)32-14(2)3/h8-11,13-14H,6-7,12H2,1-5H3/b18-13-. The van der Waals surface area contributed by atoms with Gasteiger partial charge in [0.15, 0.2) is 5.75 Å². The molecule has 0 spiro atoms. The van der Waals surface area contributed by atoms with E-state index in [1.807, 2.05) is 12.1 Å². The molecule has 0 radical (unpaired) electrons. The number of nitrogens with zero attached hydrogens (tertiary/aromatic N) is 1. The van der Waals surface area contributed by atoms with Gasteiger partial charge in [-0.05, 0) is 38.0 Å². The molecule has 0 unspecified atom stereocenters. The van der Waals surface area contributed by atoms with Gasteiger partial charge >= 0.3 is 0 Å². The highest BCUT2D eigenvalue weighted by Gasteiger charge is 2.41. The Labute approximate surface area is 186 Å². The van der Waals surface area contributed by atoms with Gasteiger partial charge < -0.3 is 9.64 Å². The Morgan fingerprint density at radius 3 is 2.28 bits per heavy atom. The van der Waals surface area contributed by atoms with Crippen LogP contribution in [0.15, 0.2) is 49.1 Å². The lowest BCUT2D eigenvalue weighted by Crippen LogP contribution is -2.43. The minimum atomic E-state index is -0.774. The van der Waals surface area contributed by atoms with Crippen LogP contribution in [0.4, 0.5) is 5.69 Å². The molecular weight excluding hydrogens is 406 g/mol. The molecule has 0 N–H and O–H groups in total. The summed E-state index contributed by atoms with van der Waals surface area (Å²) < 4.78 is 5.49. The number of hydrogen-bond donors (Lipinski definition) is 0. The SMILES string of the molecule is CCCCN1/C(=C\c2c(-c3c(OC(C)C)c(=O)c3=O)c(=O)c2=O)C(C)(C)c2ccccc21. The van der Waals surface area contributed by atoms with Crippen LogP contribution in [0.1, 0.15) is 58.6 Å². The summed E-state index contributed by atoms with van der Waals surface area (Å²) in [5.41, 5.74) is -0.0769. The number of fused-ring (bicyclic) bond motifs is 1. The van der Waals surface area contributed by atoms with Crippen molar-refractivity contribution in [1.82, 2.24) is 0 Å². The largest absolute Gasteiger partial charge is 0.486 e. The molecule has 4 rings (SSSR count). The Kier molecular flexibility index (Phi) is 5.27. The van der Waals surface area contributed by atoms with Crippen LogP contribution in [0, 0.1) is 0 Å². The first-order valence-corrected chi connectivity index (χ1v) is 11.0. The second kappa shape index (κ2) is 7.69. The molecule has 166 valence electrons. The zero-order valence-corrected chi connectivity index (χ0v) is 19.1. The van der Waals surface area contributed by atoms with Gasteiger partial charge in [0.25, 0.3) is 5.43 Å². The molecule has 1 heterocycles. The van der Waals surface area contributed by atoms with E-state index in [0.29, 0.717) is 0 Å². The van der Waals surface area contributed by atoms with Gasteiger partial charge in [0.05, 0.1) is 17.2 Å². The number of rotatable bonds is 7. The lowest BCUT2D eigenvalue weighted by Gasteiger charge is -2.28. The first-order valence-electron chi connectivity index (χ1n) is 11.0. The predicted octanol–water partition coefficient (Wildman–Crippen LogP) is 3.27. The van der Waals surface area contributed by atoms with Crippen LogP contribution < -0.4 is 31.4 Å². The molecule has 32 heavy (non-hydrogen) atoms. The number of ether oxygens (including phenoxy) is 1. The summed E-state index contributed by atoms with van der Waals surface area (Å²) in [7, 11) is 0. The van der Waals surface area contributed by atoms with E-state index < -0.39 is 27.1 Å². The maximum atomic E-state index is 12.6. The van der Waals surface area contributed by atoms with Crippen LogP contribution >= 0.6 is 0 Å². The van der Waals surface area contributed by atoms with Crippen molar-refractivity contribution in [3.05, 3.63) is 82.0 Å². The number of anilines is 1. The van der Waals surface area contributed by atoms with Crippen molar-refractivity contribution in [3.8, 4) is 16.9 Å². The van der Waals surface area contributed by atoms with Crippen LogP contribution in [-0.2, 0) is 5.41 Å². The molecule has 3 aromatic rings. The number of unbranched alkanes of at least 4 members (excludes halogenated alkanes) is 1. The zero-order valence-electron chi connectivity index (χ0n) is 19.1. The monoisotopic (exact) mass is 433 g/mol. The molecule has 3 aromatic carbocycles. The van der Waals surface area contributed by atoms with E-state index in [2.05, 4.69) is 37.8 Å². The van der Waals surface area contributed by atoms with Gasteiger partial charge in [-0.2, -0.15) is 0 Å². The van der Waals surface area contributed by atoms with Crippen molar-refractivity contribution in [2.75, 3.05) is 11.4 Å². The van der Waals surface area contributed by atoms with Crippen LogP contribution in [0.3, 0.4) is 0 Å². The first kappa shape index (κ1) is 21.9. The first-order chi connectivity index (χ1) is 15.1. The maximum absolute atomic E-state index is 12.6. The zero-order chi connectivity index (χ0) is 23.4. The summed E-state index contributed by atoms with van der Waals surface area (Å²) >= 11 is 0. The van der Waals surface area contributed by atoms with E-state index in [1.165, 1.54) is 0 Å². The molecule has 0 atom stereocenters. The van der Waals surface area contributed by atoms with E-state index in [9.17, 15) is 19.2 Å². The maximum Gasteiger partial charge on any atom is 0.268 e. The Hall–Kier alpha value is -3.28. The van der Waals surface area contributed by atoms with Gasteiger partial charge in [-0.25, -0.2) is 0 Å². The molecule has 0 amide bonds. The third-order valence-corrected chi connectivity index (χ3v) is 6.23. The highest BCUT2D eigenvalue weighted by molar-refractivity contribution is 5.87. The van der Waals surface area contributed by atoms with E-state index in [-0.39, 0.29) is 28.5 Å². The van der Waals surface area contributed by atoms with Gasteiger partial charge in [0.1, 0.15) is 0 Å². The van der Waals surface area contributed by atoms with Crippen LogP contribution in [0.5, 0.6) is 5.75 Å². The van der Waals surface area contributed by atoms with Crippen LogP contribution in [0.25, 0.3) is 17.2 Å². The third kappa shape index (κ3) is 3.08. The molecular formula is C26H27NO5. The number of benzene rings is 1. The Morgan fingerprint density at radius 2 is 1.62 bits per heavy atom. The molecule has 0 saturated carbocycles. The van der Waals surface area contributed by atoms with Gasteiger partial charge in [-0.1, -0.05) is 45.4 Å². The van der Waals surface area contributed by atoms with Crippen molar-refractivity contribution >= 4 is 11.8 Å². The number of para-hydroxylation sites is 1. The third-order valence-electron chi connectivity index (χ3n) is 6.23. The Bertz CT molecular complexity index is 1370. The highest BCUT2D eigenvalue weighted by Crippen LogP contribution is 2.48. The summed E-state index contributed by atoms with van der Waals surface area (Å²) in [4.78, 5) is 51.6. The van der Waals surface area contributed by atoms with E-state index in [4.69, 9.17) is 4.74 Å². The minimum Gasteiger partial charge on any atom is -0.486 e. The fraction of sp³-hybridized carbons (Fsp3) is 0.385. The molecule has 0 saturated heterocycles. The normalized spacial score (nSPS) is 16.4. The highest BCUT2D eigenvalue weighted by atomic mass is 16.5. The average molecular weight is 434 g/mol. The molecule has 0 aromatic heterocycles. The van der Waals surface area contributed by atoms with Crippen molar-refractivity contribution in [2.24, 2.45) is 0 Å². The number of allylic oxidation sites excluding steroid dienone is 1. The fourth-order valence-electron chi connectivity index (χ4n) is 4.54. The number of hydrogen-bond acceptors (Lipinski definition) is 6. The van der Waals surface area contributed by atoms with Crippen molar-refractivity contribution < 1.29 is 4.74 Å². The Balaban J connectivity index is 1.88. The topological polar surface area (TPSA) is 80.8 Å². The molecule has 0 bridgehead atoms. The van der Waals surface area contributed by atoms with E-state index >= 15 is 0 Å². The van der Waals surface area contributed by atoms with Crippen LogP contribution in [0.2, 0.25) is 0 Å². The van der Waals surface area contributed by atoms with Gasteiger partial charge in [0.2, 0.25) is 16.3 Å². The summed E-state index contributed by atoms with van der Waals surface area (Å²) in [5.74, 6) is -0.117.